The fraction of sp³-hybridized carbons (Fsp3) is 0.231. The van der Waals surface area contributed by atoms with Crippen LogP contribution in [0.3, 0.4) is 0 Å². The molecule has 0 radical (unpaired) electrons. The molecule has 1 rings (SSSR count). The summed E-state index contributed by atoms with van der Waals surface area (Å²) in [5.41, 5.74) is 1.05. The molecule has 0 fully saturated rings. The van der Waals surface area contributed by atoms with Gasteiger partial charge in [-0.3, -0.25) is 0 Å². The van der Waals surface area contributed by atoms with Crippen LogP contribution in [-0.4, -0.2) is 29.6 Å². The van der Waals surface area contributed by atoms with Gasteiger partial charge in [-0.05, 0) is 5.56 Å². The van der Waals surface area contributed by atoms with Crippen molar-refractivity contribution >= 4 is 20.1 Å². The molecule has 0 atom stereocenters. The van der Waals surface area contributed by atoms with Crippen LogP contribution in [0.5, 0.6) is 0 Å². The molecule has 0 bridgehead atoms. The maximum absolute atomic E-state index is 5.69. The van der Waals surface area contributed by atoms with E-state index < -0.39 is 8.80 Å². The third-order valence-corrected chi connectivity index (χ3v) is 5.09. The van der Waals surface area contributed by atoms with Gasteiger partial charge in [-0.15, -0.1) is 6.58 Å². The van der Waals surface area contributed by atoms with Gasteiger partial charge in [-0.2, -0.15) is 0 Å². The van der Waals surface area contributed by atoms with E-state index in [2.05, 4.69) is 13.2 Å². The highest BCUT2D eigenvalue weighted by Crippen LogP contribution is 2.10. The molecule has 0 aliphatic heterocycles. The fourth-order valence-corrected chi connectivity index (χ4v) is 3.46. The Kier molecular flexibility index (Phi) is 5.31. The monoisotopic (exact) mass is 250 g/mol. The molecule has 0 aliphatic carbocycles. The van der Waals surface area contributed by atoms with Crippen LogP contribution in [0.15, 0.2) is 43.5 Å². The Morgan fingerprint density at radius 3 is 2.12 bits per heavy atom. The molecule has 0 amide bonds. The second-order valence-electron chi connectivity index (χ2n) is 3.39. The molecular formula is C13H18O3Si. The molecule has 0 heterocycles. The lowest BCUT2D eigenvalue weighted by molar-refractivity contribution is 0.126. The largest absolute Gasteiger partial charge is 0.536 e. The first-order valence-electron chi connectivity index (χ1n) is 5.30. The lowest BCUT2D eigenvalue weighted by Gasteiger charge is -2.26. The van der Waals surface area contributed by atoms with Crippen molar-refractivity contribution in [2.75, 3.05) is 20.8 Å². The van der Waals surface area contributed by atoms with E-state index in [0.717, 1.165) is 10.8 Å². The molecule has 17 heavy (non-hydrogen) atoms. The first kappa shape index (κ1) is 13.9. The predicted molar refractivity (Wildman–Crippen MR) is 72.1 cm³/mol. The molecule has 1 aromatic rings. The van der Waals surface area contributed by atoms with E-state index in [9.17, 15) is 0 Å². The molecule has 0 N–H and O–H groups in total. The summed E-state index contributed by atoms with van der Waals surface area (Å²) in [6.07, 6.45) is 3.47. The minimum absolute atomic E-state index is 0.400. The van der Waals surface area contributed by atoms with Gasteiger partial charge in [0.05, 0.1) is 6.61 Å². The molecular weight excluding hydrogens is 232 g/mol. The van der Waals surface area contributed by atoms with E-state index in [1.165, 1.54) is 0 Å². The van der Waals surface area contributed by atoms with Crippen molar-refractivity contribution in [3.8, 4) is 0 Å². The Morgan fingerprint density at radius 1 is 1.12 bits per heavy atom. The van der Waals surface area contributed by atoms with E-state index in [4.69, 9.17) is 13.3 Å². The summed E-state index contributed by atoms with van der Waals surface area (Å²) in [6.45, 7) is 7.74. The molecule has 0 unspecified atom stereocenters. The highest BCUT2D eigenvalue weighted by atomic mass is 28.4. The maximum atomic E-state index is 5.69. The minimum Gasteiger partial charge on any atom is -0.373 e. The summed E-state index contributed by atoms with van der Waals surface area (Å²) in [7, 11) is 0.413. The first-order chi connectivity index (χ1) is 8.22. The highest BCUT2D eigenvalue weighted by molar-refractivity contribution is 6.75. The normalized spacial score (nSPS) is 11.2. The molecule has 4 heteroatoms. The van der Waals surface area contributed by atoms with Gasteiger partial charge in [0.1, 0.15) is 0 Å². The number of benzene rings is 1. The van der Waals surface area contributed by atoms with Gasteiger partial charge in [0, 0.05) is 19.4 Å². The average Bonchev–Trinajstić information content (AvgIpc) is 2.41. The van der Waals surface area contributed by atoms with Crippen LogP contribution in [0.2, 0.25) is 0 Å². The maximum Gasteiger partial charge on any atom is 0.536 e. The third-order valence-electron chi connectivity index (χ3n) is 2.43. The first-order valence-corrected chi connectivity index (χ1v) is 7.03. The lowest BCUT2D eigenvalue weighted by atomic mass is 10.2. The SMILES string of the molecule is C=CCO[Si](OC)(OC)c1ccc(C=C)cc1. The molecule has 0 aliphatic rings. The average molecular weight is 250 g/mol. The van der Waals surface area contributed by atoms with Crippen LogP contribution < -0.4 is 5.19 Å². The fourth-order valence-electron chi connectivity index (χ4n) is 1.51. The lowest BCUT2D eigenvalue weighted by Crippen LogP contribution is -2.55. The second-order valence-corrected chi connectivity index (χ2v) is 6.19. The van der Waals surface area contributed by atoms with Crippen LogP contribution in [0.4, 0.5) is 0 Å². The Labute approximate surface area is 104 Å². The zero-order valence-electron chi connectivity index (χ0n) is 10.3. The van der Waals surface area contributed by atoms with Gasteiger partial charge in [0.15, 0.2) is 0 Å². The number of rotatable bonds is 7. The molecule has 3 nitrogen and oxygen atoms in total. The smallest absolute Gasteiger partial charge is 0.373 e. The summed E-state index contributed by atoms with van der Waals surface area (Å²) in [4.78, 5) is 0. The van der Waals surface area contributed by atoms with Crippen molar-refractivity contribution < 1.29 is 13.3 Å². The van der Waals surface area contributed by atoms with E-state index in [1.54, 1.807) is 26.4 Å². The summed E-state index contributed by atoms with van der Waals surface area (Å²) in [5.74, 6) is 0. The van der Waals surface area contributed by atoms with E-state index >= 15 is 0 Å². The molecule has 0 saturated carbocycles. The third kappa shape index (κ3) is 3.14. The number of hydrogen-bond acceptors (Lipinski definition) is 3. The van der Waals surface area contributed by atoms with E-state index in [1.807, 2.05) is 24.3 Å². The zero-order valence-corrected chi connectivity index (χ0v) is 11.3. The Bertz CT molecular complexity index is 369. The van der Waals surface area contributed by atoms with Gasteiger partial charge >= 0.3 is 8.80 Å². The Morgan fingerprint density at radius 2 is 1.71 bits per heavy atom. The van der Waals surface area contributed by atoms with Crippen molar-refractivity contribution in [3.05, 3.63) is 49.1 Å². The van der Waals surface area contributed by atoms with Crippen LogP contribution in [0.1, 0.15) is 5.56 Å². The van der Waals surface area contributed by atoms with Gasteiger partial charge in [-0.1, -0.05) is 43.0 Å². The Balaban J connectivity index is 3.02. The standard InChI is InChI=1S/C13H18O3Si/c1-5-11-16-17(14-3,15-4)13-9-7-12(6-2)8-10-13/h5-10H,1-2,11H2,3-4H3. The molecule has 1 aromatic carbocycles. The van der Waals surface area contributed by atoms with Crippen molar-refractivity contribution in [3.63, 3.8) is 0 Å². The zero-order chi connectivity index (χ0) is 12.7. The molecule has 0 spiro atoms. The molecule has 92 valence electrons. The molecule has 0 saturated heterocycles. The number of hydrogen-bond donors (Lipinski definition) is 0. The van der Waals surface area contributed by atoms with Gasteiger partial charge in [0.2, 0.25) is 0 Å². The summed E-state index contributed by atoms with van der Waals surface area (Å²) < 4.78 is 16.6. The van der Waals surface area contributed by atoms with Crippen molar-refractivity contribution in [1.82, 2.24) is 0 Å². The second kappa shape index (κ2) is 6.51. The van der Waals surface area contributed by atoms with Crippen LogP contribution in [-0.2, 0) is 13.3 Å². The van der Waals surface area contributed by atoms with Gasteiger partial charge in [0.25, 0.3) is 0 Å². The topological polar surface area (TPSA) is 27.7 Å². The summed E-state index contributed by atoms with van der Waals surface area (Å²) in [5, 5.41) is 0.926. The van der Waals surface area contributed by atoms with Crippen LogP contribution >= 0.6 is 0 Å². The summed E-state index contributed by atoms with van der Waals surface area (Å²) >= 11 is 0. The van der Waals surface area contributed by atoms with Crippen molar-refractivity contribution in [2.24, 2.45) is 0 Å². The van der Waals surface area contributed by atoms with E-state index in [-0.39, 0.29) is 0 Å². The summed E-state index contributed by atoms with van der Waals surface area (Å²) in [6, 6.07) is 7.80. The van der Waals surface area contributed by atoms with Crippen molar-refractivity contribution in [2.45, 2.75) is 0 Å². The van der Waals surface area contributed by atoms with Gasteiger partial charge < -0.3 is 13.3 Å². The minimum atomic E-state index is -2.78. The predicted octanol–water partition coefficient (Wildman–Crippen LogP) is 1.97. The van der Waals surface area contributed by atoms with Crippen molar-refractivity contribution in [1.29, 1.82) is 0 Å². The highest BCUT2D eigenvalue weighted by Gasteiger charge is 2.41. The Hall–Kier alpha value is -1.20. The quantitative estimate of drug-likeness (QED) is 0.547. The van der Waals surface area contributed by atoms with Gasteiger partial charge in [-0.25, -0.2) is 0 Å². The molecule has 0 aromatic heterocycles. The van der Waals surface area contributed by atoms with Crippen LogP contribution in [0, 0.1) is 0 Å². The van der Waals surface area contributed by atoms with Crippen LogP contribution in [0.25, 0.3) is 6.08 Å². The van der Waals surface area contributed by atoms with E-state index in [0.29, 0.717) is 6.61 Å².